The van der Waals surface area contributed by atoms with Crippen LogP contribution in [0.1, 0.15) is 43.2 Å². The topological polar surface area (TPSA) is 29.5 Å². The molecule has 0 spiro atoms. The number of carbonyl (C=O) groups excluding carboxylic acids is 1. The van der Waals surface area contributed by atoms with Crippen molar-refractivity contribution in [2.24, 2.45) is 5.92 Å². The van der Waals surface area contributed by atoms with E-state index in [1.165, 1.54) is 5.56 Å². The van der Waals surface area contributed by atoms with Crippen molar-refractivity contribution in [3.63, 3.8) is 0 Å². The Labute approximate surface area is 195 Å². The molecule has 0 aromatic heterocycles. The smallest absolute Gasteiger partial charge is 0.237 e. The number of benzene rings is 3. The molecule has 1 amide bonds. The number of para-hydroxylation sites is 1. The summed E-state index contributed by atoms with van der Waals surface area (Å²) in [4.78, 5) is 15.3. The average Bonchev–Trinajstić information content (AvgIpc) is 3.15. The number of unbranched alkanes of at least 4 members (excludes halogenated alkanes) is 1. The summed E-state index contributed by atoms with van der Waals surface area (Å²) < 4.78 is 6.05. The van der Waals surface area contributed by atoms with Crippen molar-refractivity contribution in [1.82, 2.24) is 4.90 Å². The number of aryl methyl sites for hydroxylation is 1. The molecule has 2 atom stereocenters. The van der Waals surface area contributed by atoms with Crippen LogP contribution in [0.3, 0.4) is 0 Å². The van der Waals surface area contributed by atoms with Crippen LogP contribution in [-0.4, -0.2) is 22.6 Å². The number of hydrogen-bond donors (Lipinski definition) is 0. The van der Waals surface area contributed by atoms with Gasteiger partial charge in [0.25, 0.3) is 0 Å². The molecule has 0 bridgehead atoms. The molecule has 3 aromatic carbocycles. The van der Waals surface area contributed by atoms with Gasteiger partial charge in [0, 0.05) is 6.54 Å². The molecule has 3 aromatic rings. The third kappa shape index (κ3) is 5.55. The molecule has 1 aliphatic heterocycles. The van der Waals surface area contributed by atoms with E-state index in [9.17, 15) is 4.79 Å². The molecule has 0 saturated carbocycles. The highest BCUT2D eigenvalue weighted by atomic mass is 32.2. The Morgan fingerprint density at radius 3 is 2.28 bits per heavy atom. The summed E-state index contributed by atoms with van der Waals surface area (Å²) >= 11 is 1.78. The van der Waals surface area contributed by atoms with Gasteiger partial charge in [0.05, 0.1) is 5.25 Å². The highest BCUT2D eigenvalue weighted by molar-refractivity contribution is 8.01. The van der Waals surface area contributed by atoms with Crippen LogP contribution in [0.5, 0.6) is 11.5 Å². The number of hydrogen-bond acceptors (Lipinski definition) is 3. The summed E-state index contributed by atoms with van der Waals surface area (Å²) in [5.41, 5.74) is 2.49. The van der Waals surface area contributed by atoms with Crippen LogP contribution in [0.25, 0.3) is 0 Å². The second-order valence-corrected chi connectivity index (χ2v) is 9.84. The molecule has 1 fully saturated rings. The van der Waals surface area contributed by atoms with E-state index < -0.39 is 0 Å². The Morgan fingerprint density at radius 2 is 1.56 bits per heavy atom. The van der Waals surface area contributed by atoms with E-state index in [0.29, 0.717) is 5.92 Å². The van der Waals surface area contributed by atoms with Crippen molar-refractivity contribution < 1.29 is 9.53 Å². The summed E-state index contributed by atoms with van der Waals surface area (Å²) in [7, 11) is 0. The summed E-state index contributed by atoms with van der Waals surface area (Å²) in [6.07, 6.45) is 3.13. The van der Waals surface area contributed by atoms with E-state index in [1.54, 1.807) is 11.8 Å². The van der Waals surface area contributed by atoms with Gasteiger partial charge in [0.1, 0.15) is 16.9 Å². The Balaban J connectivity index is 1.46. The second-order valence-electron chi connectivity index (χ2n) is 8.62. The summed E-state index contributed by atoms with van der Waals surface area (Å²) in [6, 6.07) is 28.6. The van der Waals surface area contributed by atoms with Crippen LogP contribution >= 0.6 is 11.8 Å². The van der Waals surface area contributed by atoms with Crippen LogP contribution in [0.15, 0.2) is 84.9 Å². The molecule has 32 heavy (non-hydrogen) atoms. The van der Waals surface area contributed by atoms with Gasteiger partial charge >= 0.3 is 0 Å². The molecule has 1 saturated heterocycles. The third-order valence-electron chi connectivity index (χ3n) is 5.77. The molecule has 0 radical (unpaired) electrons. The maximum atomic E-state index is 13.2. The number of nitrogens with zero attached hydrogens (tertiary/aromatic N) is 1. The molecule has 1 aliphatic rings. The normalized spacial score (nSPS) is 18.3. The average molecular weight is 446 g/mol. The molecule has 0 aliphatic carbocycles. The zero-order valence-corrected chi connectivity index (χ0v) is 19.6. The van der Waals surface area contributed by atoms with E-state index in [-0.39, 0.29) is 16.5 Å². The number of rotatable bonds is 9. The number of carbonyl (C=O) groups is 1. The van der Waals surface area contributed by atoms with Gasteiger partial charge in [-0.1, -0.05) is 74.5 Å². The Morgan fingerprint density at radius 1 is 0.875 bits per heavy atom. The quantitative estimate of drug-likeness (QED) is 0.329. The summed E-state index contributed by atoms with van der Waals surface area (Å²) in [6.45, 7) is 5.07. The minimum absolute atomic E-state index is 0.00724. The molecule has 2 unspecified atom stereocenters. The Hall–Kier alpha value is -2.72. The first kappa shape index (κ1) is 22.5. The van der Waals surface area contributed by atoms with Crippen LogP contribution in [-0.2, 0) is 11.2 Å². The monoisotopic (exact) mass is 445 g/mol. The predicted octanol–water partition coefficient (Wildman–Crippen LogP) is 7.10. The Kier molecular flexibility index (Phi) is 7.54. The summed E-state index contributed by atoms with van der Waals surface area (Å²) in [5.74, 6) is 2.20. The van der Waals surface area contributed by atoms with E-state index in [1.807, 2.05) is 42.5 Å². The SMILES string of the molecule is CC(C)C1SC(c2cccc(Oc3ccccc3)c2)N(CCCCc2ccccc2)C1=O. The highest BCUT2D eigenvalue weighted by Gasteiger charge is 2.42. The maximum Gasteiger partial charge on any atom is 0.237 e. The van der Waals surface area contributed by atoms with Gasteiger partial charge in [-0.05, 0) is 60.6 Å². The zero-order valence-electron chi connectivity index (χ0n) is 18.8. The minimum Gasteiger partial charge on any atom is -0.457 e. The van der Waals surface area contributed by atoms with Crippen LogP contribution in [0.4, 0.5) is 0 Å². The molecular formula is C28H31NO2S. The maximum absolute atomic E-state index is 13.2. The van der Waals surface area contributed by atoms with Crippen molar-refractivity contribution >= 4 is 17.7 Å². The lowest BCUT2D eigenvalue weighted by atomic mass is 10.1. The van der Waals surface area contributed by atoms with Crippen molar-refractivity contribution in [3.8, 4) is 11.5 Å². The molecule has 4 heteroatoms. The van der Waals surface area contributed by atoms with Gasteiger partial charge in [-0.3, -0.25) is 4.79 Å². The van der Waals surface area contributed by atoms with Gasteiger partial charge in [0.2, 0.25) is 5.91 Å². The van der Waals surface area contributed by atoms with E-state index in [2.05, 4.69) is 61.2 Å². The van der Waals surface area contributed by atoms with Crippen molar-refractivity contribution in [2.45, 2.75) is 43.7 Å². The molecule has 166 valence electrons. The second kappa shape index (κ2) is 10.7. The lowest BCUT2D eigenvalue weighted by molar-refractivity contribution is -0.130. The fraction of sp³-hybridized carbons (Fsp3) is 0.321. The molecule has 4 rings (SSSR count). The fourth-order valence-electron chi connectivity index (χ4n) is 4.09. The first-order valence-corrected chi connectivity index (χ1v) is 12.4. The summed E-state index contributed by atoms with van der Waals surface area (Å²) in [5, 5.41) is 0.0405. The van der Waals surface area contributed by atoms with Crippen molar-refractivity contribution in [1.29, 1.82) is 0 Å². The number of amides is 1. The molecule has 1 heterocycles. The highest BCUT2D eigenvalue weighted by Crippen LogP contribution is 2.46. The first-order chi connectivity index (χ1) is 15.6. The van der Waals surface area contributed by atoms with Crippen molar-refractivity contribution in [3.05, 3.63) is 96.1 Å². The number of ether oxygens (including phenoxy) is 1. The van der Waals surface area contributed by atoms with E-state index in [4.69, 9.17) is 4.74 Å². The lowest BCUT2D eigenvalue weighted by Gasteiger charge is -2.24. The van der Waals surface area contributed by atoms with Crippen molar-refractivity contribution in [2.75, 3.05) is 6.54 Å². The number of thioether (sulfide) groups is 1. The largest absolute Gasteiger partial charge is 0.457 e. The zero-order chi connectivity index (χ0) is 22.3. The van der Waals surface area contributed by atoms with Crippen LogP contribution < -0.4 is 4.74 Å². The molecule has 0 N–H and O–H groups in total. The van der Waals surface area contributed by atoms with Gasteiger partial charge in [-0.25, -0.2) is 0 Å². The standard InChI is InChI=1S/C28H31NO2S/c1-21(2)26-27(30)29(19-10-9-14-22-12-5-3-6-13-22)28(32-26)23-15-11-18-25(20-23)31-24-16-7-4-8-17-24/h3-8,11-13,15-18,20-21,26,28H,9-10,14,19H2,1-2H3. The van der Waals surface area contributed by atoms with Gasteiger partial charge < -0.3 is 9.64 Å². The molecule has 3 nitrogen and oxygen atoms in total. The van der Waals surface area contributed by atoms with Crippen LogP contribution in [0.2, 0.25) is 0 Å². The van der Waals surface area contributed by atoms with Gasteiger partial charge in [-0.15, -0.1) is 11.8 Å². The lowest BCUT2D eigenvalue weighted by Crippen LogP contribution is -2.33. The van der Waals surface area contributed by atoms with E-state index >= 15 is 0 Å². The van der Waals surface area contributed by atoms with Gasteiger partial charge in [-0.2, -0.15) is 0 Å². The van der Waals surface area contributed by atoms with E-state index in [0.717, 1.165) is 42.9 Å². The fourth-order valence-corrected chi connectivity index (χ4v) is 5.59. The third-order valence-corrected chi connectivity index (χ3v) is 7.59. The van der Waals surface area contributed by atoms with Crippen LogP contribution in [0, 0.1) is 5.92 Å². The molecular weight excluding hydrogens is 414 g/mol. The predicted molar refractivity (Wildman–Crippen MR) is 133 cm³/mol. The minimum atomic E-state index is 0.00724. The van der Waals surface area contributed by atoms with Gasteiger partial charge in [0.15, 0.2) is 0 Å². The first-order valence-electron chi connectivity index (χ1n) is 11.4. The Bertz CT molecular complexity index is 1010.